The molecule has 0 spiro atoms. The number of hydrogen-bond donors (Lipinski definition) is 2. The molecular formula is C11H10F3NO2. The molecule has 1 aromatic rings. The molecule has 0 heterocycles. The molecule has 1 aromatic carbocycles. The summed E-state index contributed by atoms with van der Waals surface area (Å²) in [4.78, 5) is 10.9. The SMILES string of the molecule is CC(=N)C(C(=O)O)c1ccccc1C(F)(F)F. The summed E-state index contributed by atoms with van der Waals surface area (Å²) in [7, 11) is 0. The van der Waals surface area contributed by atoms with Crippen LogP contribution in [0.1, 0.15) is 24.0 Å². The topological polar surface area (TPSA) is 61.2 Å². The monoisotopic (exact) mass is 245 g/mol. The van der Waals surface area contributed by atoms with E-state index in [-0.39, 0.29) is 5.71 Å². The smallest absolute Gasteiger partial charge is 0.416 e. The second-order valence-corrected chi connectivity index (χ2v) is 3.54. The Morgan fingerprint density at radius 2 is 1.88 bits per heavy atom. The molecular weight excluding hydrogens is 235 g/mol. The number of hydrogen-bond acceptors (Lipinski definition) is 2. The molecule has 0 bridgehead atoms. The van der Waals surface area contributed by atoms with Gasteiger partial charge in [-0.15, -0.1) is 0 Å². The van der Waals surface area contributed by atoms with Crippen LogP contribution >= 0.6 is 0 Å². The highest BCUT2D eigenvalue weighted by Gasteiger charge is 2.37. The summed E-state index contributed by atoms with van der Waals surface area (Å²) >= 11 is 0. The summed E-state index contributed by atoms with van der Waals surface area (Å²) in [6, 6.07) is 4.40. The predicted molar refractivity (Wildman–Crippen MR) is 55.2 cm³/mol. The van der Waals surface area contributed by atoms with Crippen LogP contribution in [0.25, 0.3) is 0 Å². The number of rotatable bonds is 3. The number of halogens is 3. The maximum Gasteiger partial charge on any atom is 0.416 e. The first-order valence-electron chi connectivity index (χ1n) is 4.69. The van der Waals surface area contributed by atoms with E-state index < -0.39 is 29.2 Å². The lowest BCUT2D eigenvalue weighted by atomic mass is 9.90. The van der Waals surface area contributed by atoms with E-state index in [1.165, 1.54) is 19.1 Å². The Bertz CT molecular complexity index is 440. The van der Waals surface area contributed by atoms with Gasteiger partial charge in [0.15, 0.2) is 0 Å². The van der Waals surface area contributed by atoms with E-state index in [9.17, 15) is 18.0 Å². The number of carboxylic acid groups (broad SMARTS) is 1. The van der Waals surface area contributed by atoms with Gasteiger partial charge in [0.1, 0.15) is 5.92 Å². The summed E-state index contributed by atoms with van der Waals surface area (Å²) in [6.07, 6.45) is -4.63. The van der Waals surface area contributed by atoms with Crippen LogP contribution in [0.2, 0.25) is 0 Å². The zero-order chi connectivity index (χ0) is 13.2. The Morgan fingerprint density at radius 1 is 1.35 bits per heavy atom. The second kappa shape index (κ2) is 4.57. The van der Waals surface area contributed by atoms with E-state index >= 15 is 0 Å². The molecule has 17 heavy (non-hydrogen) atoms. The van der Waals surface area contributed by atoms with E-state index in [1.54, 1.807) is 0 Å². The number of aliphatic carboxylic acids is 1. The van der Waals surface area contributed by atoms with Crippen molar-refractivity contribution in [2.75, 3.05) is 0 Å². The third kappa shape index (κ3) is 2.83. The van der Waals surface area contributed by atoms with Crippen LogP contribution in [0, 0.1) is 5.41 Å². The first kappa shape index (κ1) is 13.2. The number of carboxylic acids is 1. The lowest BCUT2D eigenvalue weighted by Gasteiger charge is -2.17. The minimum atomic E-state index is -4.63. The third-order valence-corrected chi connectivity index (χ3v) is 2.26. The maximum atomic E-state index is 12.7. The summed E-state index contributed by atoms with van der Waals surface area (Å²) in [5.41, 5.74) is -1.76. The fraction of sp³-hybridized carbons (Fsp3) is 0.273. The van der Waals surface area contributed by atoms with Gasteiger partial charge in [0.2, 0.25) is 0 Å². The first-order valence-corrected chi connectivity index (χ1v) is 4.69. The Balaban J connectivity index is 3.39. The lowest BCUT2D eigenvalue weighted by Crippen LogP contribution is -2.22. The van der Waals surface area contributed by atoms with E-state index in [2.05, 4.69) is 0 Å². The standard InChI is InChI=1S/C11H10F3NO2/c1-6(15)9(10(16)17)7-4-2-3-5-8(7)11(12,13)14/h2-5,9,15H,1H3,(H,16,17). The third-order valence-electron chi connectivity index (χ3n) is 2.26. The molecule has 1 atom stereocenters. The van der Waals surface area contributed by atoms with Crippen LogP contribution < -0.4 is 0 Å². The molecule has 0 aromatic heterocycles. The predicted octanol–water partition coefficient (Wildman–Crippen LogP) is 2.91. The molecule has 1 unspecified atom stereocenters. The minimum absolute atomic E-state index is 0.339. The molecule has 92 valence electrons. The maximum absolute atomic E-state index is 12.7. The van der Waals surface area contributed by atoms with Crippen molar-refractivity contribution in [1.82, 2.24) is 0 Å². The van der Waals surface area contributed by atoms with Crippen LogP contribution in [0.3, 0.4) is 0 Å². The number of benzene rings is 1. The van der Waals surface area contributed by atoms with Crippen LogP contribution in [0.5, 0.6) is 0 Å². The molecule has 0 aliphatic carbocycles. The van der Waals surface area contributed by atoms with E-state index in [1.807, 2.05) is 0 Å². The molecule has 0 aliphatic heterocycles. The highest BCUT2D eigenvalue weighted by Crippen LogP contribution is 2.35. The van der Waals surface area contributed by atoms with E-state index in [4.69, 9.17) is 10.5 Å². The van der Waals surface area contributed by atoms with E-state index in [0.717, 1.165) is 12.1 Å². The highest BCUT2D eigenvalue weighted by molar-refractivity contribution is 6.04. The Labute approximate surface area is 95.4 Å². The van der Waals surface area contributed by atoms with Crippen molar-refractivity contribution in [1.29, 1.82) is 5.41 Å². The summed E-state index contributed by atoms with van der Waals surface area (Å²) < 4.78 is 38.0. The zero-order valence-corrected chi connectivity index (χ0v) is 8.88. The van der Waals surface area contributed by atoms with Crippen LogP contribution in [0.15, 0.2) is 24.3 Å². The Kier molecular flexibility index (Phi) is 3.55. The van der Waals surface area contributed by atoms with Gasteiger partial charge in [-0.25, -0.2) is 0 Å². The molecule has 3 nitrogen and oxygen atoms in total. The van der Waals surface area contributed by atoms with Gasteiger partial charge in [0, 0.05) is 5.71 Å². The van der Waals surface area contributed by atoms with Gasteiger partial charge in [0.25, 0.3) is 0 Å². The molecule has 0 aliphatic rings. The first-order chi connectivity index (χ1) is 7.75. The normalized spacial score (nSPS) is 13.2. The molecule has 0 amide bonds. The fourth-order valence-electron chi connectivity index (χ4n) is 1.56. The quantitative estimate of drug-likeness (QED) is 0.804. The van der Waals surface area contributed by atoms with Gasteiger partial charge < -0.3 is 10.5 Å². The van der Waals surface area contributed by atoms with E-state index in [0.29, 0.717) is 0 Å². The van der Waals surface area contributed by atoms with Gasteiger partial charge in [-0.1, -0.05) is 18.2 Å². The number of alkyl halides is 3. The Hall–Kier alpha value is -1.85. The lowest BCUT2D eigenvalue weighted by molar-refractivity contribution is -0.140. The molecule has 6 heteroatoms. The Morgan fingerprint density at radius 3 is 2.29 bits per heavy atom. The summed E-state index contributed by atoms with van der Waals surface area (Å²) in [5.74, 6) is -3.03. The molecule has 1 rings (SSSR count). The largest absolute Gasteiger partial charge is 0.480 e. The average Bonchev–Trinajstić information content (AvgIpc) is 2.15. The van der Waals surface area contributed by atoms with Crippen molar-refractivity contribution in [3.05, 3.63) is 35.4 Å². The van der Waals surface area contributed by atoms with Crippen molar-refractivity contribution in [2.24, 2.45) is 0 Å². The molecule has 0 radical (unpaired) electrons. The van der Waals surface area contributed by atoms with Gasteiger partial charge >= 0.3 is 12.1 Å². The van der Waals surface area contributed by atoms with Crippen molar-refractivity contribution in [3.8, 4) is 0 Å². The minimum Gasteiger partial charge on any atom is -0.480 e. The fourth-order valence-corrected chi connectivity index (χ4v) is 1.56. The van der Waals surface area contributed by atoms with Gasteiger partial charge in [-0.05, 0) is 18.6 Å². The molecule has 0 saturated carbocycles. The zero-order valence-electron chi connectivity index (χ0n) is 8.88. The summed E-state index contributed by atoms with van der Waals surface area (Å²) in [6.45, 7) is 1.17. The van der Waals surface area contributed by atoms with Crippen molar-refractivity contribution in [2.45, 2.75) is 19.0 Å². The summed E-state index contributed by atoms with van der Waals surface area (Å²) in [5, 5.41) is 16.2. The van der Waals surface area contributed by atoms with Crippen molar-refractivity contribution >= 4 is 11.7 Å². The van der Waals surface area contributed by atoms with Crippen molar-refractivity contribution in [3.63, 3.8) is 0 Å². The average molecular weight is 245 g/mol. The van der Waals surface area contributed by atoms with Gasteiger partial charge in [0.05, 0.1) is 5.56 Å². The van der Waals surface area contributed by atoms with Crippen LogP contribution in [0.4, 0.5) is 13.2 Å². The van der Waals surface area contributed by atoms with Crippen molar-refractivity contribution < 1.29 is 23.1 Å². The molecule has 0 fully saturated rings. The van der Waals surface area contributed by atoms with Gasteiger partial charge in [-0.3, -0.25) is 4.79 Å². The second-order valence-electron chi connectivity index (χ2n) is 3.54. The highest BCUT2D eigenvalue weighted by atomic mass is 19.4. The van der Waals surface area contributed by atoms with Gasteiger partial charge in [-0.2, -0.15) is 13.2 Å². The van der Waals surface area contributed by atoms with Crippen LogP contribution in [-0.4, -0.2) is 16.8 Å². The van der Waals surface area contributed by atoms with Crippen LogP contribution in [-0.2, 0) is 11.0 Å². The number of nitrogens with one attached hydrogen (secondary N) is 1. The molecule has 0 saturated heterocycles. The molecule has 2 N–H and O–H groups in total. The number of carbonyl (C=O) groups is 1.